The van der Waals surface area contributed by atoms with Gasteiger partial charge in [-0.3, -0.25) is 0 Å². The topological polar surface area (TPSA) is 29.9 Å². The number of nitrogens with zero attached hydrogens (tertiary/aromatic N) is 2. The average Bonchev–Trinajstić information content (AvgIpc) is 2.76. The standard InChI is InChI=1S/C12H13ClFN3/c1-2-17-7-6-15-11(17)8-16-12-9(13)4-3-5-10(12)14/h3-7,16H,2,8H2,1H3. The number of hydrogen-bond acceptors (Lipinski definition) is 2. The summed E-state index contributed by atoms with van der Waals surface area (Å²) in [7, 11) is 0. The van der Waals surface area contributed by atoms with Gasteiger partial charge in [0.2, 0.25) is 0 Å². The van der Waals surface area contributed by atoms with Crippen molar-refractivity contribution in [3.8, 4) is 0 Å². The maximum Gasteiger partial charge on any atom is 0.147 e. The minimum atomic E-state index is -0.355. The minimum Gasteiger partial charge on any atom is -0.374 e. The molecule has 17 heavy (non-hydrogen) atoms. The first-order chi connectivity index (χ1) is 8.22. The third-order valence-corrected chi connectivity index (χ3v) is 2.84. The zero-order valence-corrected chi connectivity index (χ0v) is 10.2. The van der Waals surface area contributed by atoms with E-state index in [1.165, 1.54) is 6.07 Å². The molecule has 1 N–H and O–H groups in total. The van der Waals surface area contributed by atoms with Crippen molar-refractivity contribution in [1.29, 1.82) is 0 Å². The Morgan fingerprint density at radius 3 is 3.00 bits per heavy atom. The summed E-state index contributed by atoms with van der Waals surface area (Å²) in [6.45, 7) is 3.31. The van der Waals surface area contributed by atoms with E-state index in [0.29, 0.717) is 17.3 Å². The summed E-state index contributed by atoms with van der Waals surface area (Å²) in [4.78, 5) is 4.20. The first-order valence-electron chi connectivity index (χ1n) is 5.40. The molecule has 0 atom stereocenters. The molecule has 0 aliphatic heterocycles. The molecular formula is C12H13ClFN3. The van der Waals surface area contributed by atoms with Gasteiger partial charge in [0, 0.05) is 18.9 Å². The van der Waals surface area contributed by atoms with Gasteiger partial charge in [0.25, 0.3) is 0 Å². The van der Waals surface area contributed by atoms with Crippen molar-refractivity contribution in [3.05, 3.63) is 47.3 Å². The van der Waals surface area contributed by atoms with Crippen molar-refractivity contribution in [3.63, 3.8) is 0 Å². The van der Waals surface area contributed by atoms with Gasteiger partial charge in [0.05, 0.1) is 17.3 Å². The Balaban J connectivity index is 2.13. The van der Waals surface area contributed by atoms with E-state index in [4.69, 9.17) is 11.6 Å². The highest BCUT2D eigenvalue weighted by Crippen LogP contribution is 2.24. The summed E-state index contributed by atoms with van der Waals surface area (Å²) in [5, 5.41) is 3.34. The van der Waals surface area contributed by atoms with Gasteiger partial charge >= 0.3 is 0 Å². The Bertz CT molecular complexity index is 490. The quantitative estimate of drug-likeness (QED) is 0.906. The largest absolute Gasteiger partial charge is 0.374 e. The number of aromatic nitrogens is 2. The van der Waals surface area contributed by atoms with Crippen LogP contribution in [0.1, 0.15) is 12.7 Å². The van der Waals surface area contributed by atoms with Crippen LogP contribution in [0.25, 0.3) is 0 Å². The number of nitrogens with one attached hydrogen (secondary N) is 1. The van der Waals surface area contributed by atoms with Crippen molar-refractivity contribution in [1.82, 2.24) is 9.55 Å². The molecule has 0 unspecified atom stereocenters. The van der Waals surface area contributed by atoms with Crippen LogP contribution in [-0.4, -0.2) is 9.55 Å². The van der Waals surface area contributed by atoms with Crippen LogP contribution in [0.3, 0.4) is 0 Å². The molecule has 5 heteroatoms. The summed E-state index contributed by atoms with van der Waals surface area (Å²) >= 11 is 5.91. The third-order valence-electron chi connectivity index (χ3n) is 2.53. The first kappa shape index (κ1) is 11.9. The number of rotatable bonds is 4. The highest BCUT2D eigenvalue weighted by molar-refractivity contribution is 6.33. The second-order valence-electron chi connectivity index (χ2n) is 3.58. The van der Waals surface area contributed by atoms with Gasteiger partial charge in [0.1, 0.15) is 11.6 Å². The predicted molar refractivity (Wildman–Crippen MR) is 66.6 cm³/mol. The molecule has 1 aromatic heterocycles. The Morgan fingerprint density at radius 1 is 1.47 bits per heavy atom. The number of halogens is 2. The summed E-state index contributed by atoms with van der Waals surface area (Å²) in [5.74, 6) is 0.499. The highest BCUT2D eigenvalue weighted by Gasteiger charge is 2.07. The van der Waals surface area contributed by atoms with Crippen molar-refractivity contribution in [2.24, 2.45) is 0 Å². The minimum absolute atomic E-state index is 0.319. The van der Waals surface area contributed by atoms with Crippen LogP contribution in [0, 0.1) is 5.82 Å². The Kier molecular flexibility index (Phi) is 3.64. The van der Waals surface area contributed by atoms with E-state index < -0.39 is 0 Å². The lowest BCUT2D eigenvalue weighted by atomic mass is 10.3. The number of hydrogen-bond donors (Lipinski definition) is 1. The second-order valence-corrected chi connectivity index (χ2v) is 3.99. The molecule has 0 spiro atoms. The molecule has 0 bridgehead atoms. The zero-order valence-electron chi connectivity index (χ0n) is 9.45. The fraction of sp³-hybridized carbons (Fsp3) is 0.250. The molecule has 2 aromatic rings. The van der Waals surface area contributed by atoms with E-state index in [9.17, 15) is 4.39 Å². The Morgan fingerprint density at radius 2 is 2.29 bits per heavy atom. The van der Waals surface area contributed by atoms with Crippen LogP contribution < -0.4 is 5.32 Å². The Hall–Kier alpha value is -1.55. The van der Waals surface area contributed by atoms with Gasteiger partial charge in [-0.15, -0.1) is 0 Å². The molecule has 0 fully saturated rings. The van der Waals surface area contributed by atoms with Crippen molar-refractivity contribution < 1.29 is 4.39 Å². The van der Waals surface area contributed by atoms with Crippen LogP contribution in [0.15, 0.2) is 30.6 Å². The molecule has 0 saturated carbocycles. The number of anilines is 1. The number of benzene rings is 1. The molecule has 3 nitrogen and oxygen atoms in total. The van der Waals surface area contributed by atoms with Gasteiger partial charge in [-0.25, -0.2) is 9.37 Å². The summed E-state index contributed by atoms with van der Waals surface area (Å²) in [6.07, 6.45) is 3.61. The second kappa shape index (κ2) is 5.19. The fourth-order valence-corrected chi connectivity index (χ4v) is 1.86. The maximum absolute atomic E-state index is 13.5. The summed E-state index contributed by atoms with van der Waals surface area (Å²) in [6, 6.07) is 4.61. The van der Waals surface area contributed by atoms with Crippen LogP contribution in [0.5, 0.6) is 0 Å². The van der Waals surface area contributed by atoms with Gasteiger partial charge < -0.3 is 9.88 Å². The lowest BCUT2D eigenvalue weighted by Crippen LogP contribution is -2.08. The molecule has 1 heterocycles. The van der Waals surface area contributed by atoms with E-state index >= 15 is 0 Å². The Labute approximate surface area is 104 Å². The van der Waals surface area contributed by atoms with Gasteiger partial charge in [-0.2, -0.15) is 0 Å². The zero-order chi connectivity index (χ0) is 12.3. The smallest absolute Gasteiger partial charge is 0.147 e. The molecule has 0 aliphatic rings. The molecule has 0 radical (unpaired) electrons. The van der Waals surface area contributed by atoms with Crippen molar-refractivity contribution in [2.75, 3.05) is 5.32 Å². The van der Waals surface area contributed by atoms with Crippen molar-refractivity contribution >= 4 is 17.3 Å². The van der Waals surface area contributed by atoms with E-state index in [0.717, 1.165) is 12.4 Å². The van der Waals surface area contributed by atoms with E-state index in [1.54, 1.807) is 18.3 Å². The first-order valence-corrected chi connectivity index (χ1v) is 5.78. The van der Waals surface area contributed by atoms with E-state index in [-0.39, 0.29) is 5.82 Å². The maximum atomic E-state index is 13.5. The van der Waals surface area contributed by atoms with E-state index in [1.807, 2.05) is 17.7 Å². The number of aryl methyl sites for hydroxylation is 1. The molecule has 0 amide bonds. The fourth-order valence-electron chi connectivity index (χ4n) is 1.63. The molecule has 90 valence electrons. The number of imidazole rings is 1. The molecule has 1 aromatic carbocycles. The van der Waals surface area contributed by atoms with Gasteiger partial charge in [-0.05, 0) is 19.1 Å². The van der Waals surface area contributed by atoms with Crippen LogP contribution in [-0.2, 0) is 13.1 Å². The lowest BCUT2D eigenvalue weighted by Gasteiger charge is -2.10. The van der Waals surface area contributed by atoms with Crippen LogP contribution >= 0.6 is 11.6 Å². The summed E-state index contributed by atoms with van der Waals surface area (Å²) in [5.41, 5.74) is 0.319. The normalized spacial score (nSPS) is 10.5. The molecule has 0 aliphatic carbocycles. The highest BCUT2D eigenvalue weighted by atomic mass is 35.5. The van der Waals surface area contributed by atoms with Crippen LogP contribution in [0.2, 0.25) is 5.02 Å². The SMILES string of the molecule is CCn1ccnc1CNc1c(F)cccc1Cl. The van der Waals surface area contributed by atoms with E-state index in [2.05, 4.69) is 10.3 Å². The van der Waals surface area contributed by atoms with Crippen LogP contribution in [0.4, 0.5) is 10.1 Å². The average molecular weight is 254 g/mol. The molecular weight excluding hydrogens is 241 g/mol. The van der Waals surface area contributed by atoms with Crippen molar-refractivity contribution in [2.45, 2.75) is 20.0 Å². The van der Waals surface area contributed by atoms with Gasteiger partial charge in [0.15, 0.2) is 0 Å². The predicted octanol–water partition coefficient (Wildman–Crippen LogP) is 3.31. The monoisotopic (exact) mass is 253 g/mol. The number of para-hydroxylation sites is 1. The molecule has 2 rings (SSSR count). The third kappa shape index (κ3) is 2.58. The van der Waals surface area contributed by atoms with Gasteiger partial charge in [-0.1, -0.05) is 17.7 Å². The summed E-state index contributed by atoms with van der Waals surface area (Å²) < 4.78 is 15.5. The molecule has 0 saturated heterocycles. The lowest BCUT2D eigenvalue weighted by molar-refractivity contribution is 0.628.